The van der Waals surface area contributed by atoms with E-state index in [2.05, 4.69) is 6.08 Å². The van der Waals surface area contributed by atoms with Gasteiger partial charge in [0.1, 0.15) is 5.82 Å². The van der Waals surface area contributed by atoms with Crippen molar-refractivity contribution in [3.63, 3.8) is 0 Å². The summed E-state index contributed by atoms with van der Waals surface area (Å²) in [5.74, 6) is -0.138. The lowest BCUT2D eigenvalue weighted by molar-refractivity contribution is -0.136. The second-order valence-electron chi connectivity index (χ2n) is 4.58. The molecule has 18 heavy (non-hydrogen) atoms. The molecule has 1 aromatic rings. The summed E-state index contributed by atoms with van der Waals surface area (Å²) in [6.07, 6.45) is 3.38. The van der Waals surface area contributed by atoms with Crippen molar-refractivity contribution >= 4 is 5.91 Å². The number of hydrogen-bond acceptors (Lipinski definition) is 2. The van der Waals surface area contributed by atoms with Crippen LogP contribution in [0.1, 0.15) is 24.4 Å². The molecule has 0 unspecified atom stereocenters. The van der Waals surface area contributed by atoms with E-state index in [1.54, 1.807) is 17.0 Å². The molecule has 1 amide bonds. The van der Waals surface area contributed by atoms with E-state index >= 15 is 0 Å². The molecule has 1 aromatic carbocycles. The summed E-state index contributed by atoms with van der Waals surface area (Å²) in [4.78, 5) is 13.8. The lowest BCUT2D eigenvalue weighted by Crippen LogP contribution is -2.43. The van der Waals surface area contributed by atoms with Crippen LogP contribution < -0.4 is 0 Å². The van der Waals surface area contributed by atoms with Gasteiger partial charge >= 0.3 is 0 Å². The third kappa shape index (κ3) is 1.93. The first-order valence-corrected chi connectivity index (χ1v) is 6.10. The number of halogens is 1. The van der Waals surface area contributed by atoms with Gasteiger partial charge in [-0.2, -0.15) is 0 Å². The van der Waals surface area contributed by atoms with Crippen molar-refractivity contribution in [1.82, 2.24) is 4.90 Å². The number of amides is 1. The number of rotatable bonds is 1. The predicted molar refractivity (Wildman–Crippen MR) is 64.1 cm³/mol. The van der Waals surface area contributed by atoms with Crippen molar-refractivity contribution in [2.75, 3.05) is 13.2 Å². The number of benzene rings is 1. The van der Waals surface area contributed by atoms with Crippen LogP contribution in [0, 0.1) is 5.82 Å². The van der Waals surface area contributed by atoms with E-state index in [0.717, 1.165) is 17.7 Å². The minimum Gasteiger partial charge on any atom is -0.373 e. The first kappa shape index (κ1) is 11.4. The summed E-state index contributed by atoms with van der Waals surface area (Å²) < 4.78 is 18.5. The SMILES string of the molecule is O=C1CCC=C2COC[C@@H](c3ccc(F)cc3)N12. The fourth-order valence-corrected chi connectivity index (χ4v) is 2.52. The highest BCUT2D eigenvalue weighted by molar-refractivity contribution is 5.80. The fraction of sp³-hybridized carbons (Fsp3) is 0.357. The Hall–Kier alpha value is -1.68. The van der Waals surface area contributed by atoms with Gasteiger partial charge < -0.3 is 9.64 Å². The minimum absolute atomic E-state index is 0.126. The number of allylic oxidation sites excluding steroid dienone is 1. The lowest BCUT2D eigenvalue weighted by atomic mass is 10.0. The Morgan fingerprint density at radius 1 is 1.28 bits per heavy atom. The Balaban J connectivity index is 1.95. The van der Waals surface area contributed by atoms with Crippen LogP contribution in [0.2, 0.25) is 0 Å². The highest BCUT2D eigenvalue weighted by Crippen LogP contribution is 2.32. The molecule has 0 radical (unpaired) electrons. The van der Waals surface area contributed by atoms with Gasteiger partial charge in [-0.25, -0.2) is 4.39 Å². The highest BCUT2D eigenvalue weighted by atomic mass is 19.1. The van der Waals surface area contributed by atoms with Crippen LogP contribution in [0.25, 0.3) is 0 Å². The zero-order chi connectivity index (χ0) is 12.5. The number of carbonyl (C=O) groups is 1. The molecule has 0 N–H and O–H groups in total. The van der Waals surface area contributed by atoms with Crippen LogP contribution in [0.15, 0.2) is 36.0 Å². The third-order valence-corrected chi connectivity index (χ3v) is 3.41. The maximum atomic E-state index is 12.9. The Morgan fingerprint density at radius 2 is 2.06 bits per heavy atom. The molecule has 3 nitrogen and oxygen atoms in total. The molecular formula is C14H14FNO2. The average molecular weight is 247 g/mol. The van der Waals surface area contributed by atoms with Crippen LogP contribution in [-0.4, -0.2) is 24.0 Å². The van der Waals surface area contributed by atoms with E-state index in [4.69, 9.17) is 4.74 Å². The zero-order valence-corrected chi connectivity index (χ0v) is 9.93. The number of carbonyl (C=O) groups excluding carboxylic acids is 1. The van der Waals surface area contributed by atoms with E-state index in [1.165, 1.54) is 12.1 Å². The summed E-state index contributed by atoms with van der Waals surface area (Å²) in [5, 5.41) is 0. The molecule has 0 spiro atoms. The van der Waals surface area contributed by atoms with Gasteiger partial charge in [-0.15, -0.1) is 0 Å². The van der Waals surface area contributed by atoms with Gasteiger partial charge in [0.25, 0.3) is 0 Å². The Labute approximate surface area is 105 Å². The lowest BCUT2D eigenvalue weighted by Gasteiger charge is -2.39. The van der Waals surface area contributed by atoms with Crippen LogP contribution in [0.5, 0.6) is 0 Å². The summed E-state index contributed by atoms with van der Waals surface area (Å²) in [5.41, 5.74) is 1.85. The third-order valence-electron chi connectivity index (χ3n) is 3.41. The molecule has 2 aliphatic rings. The van der Waals surface area contributed by atoms with E-state index in [1.807, 2.05) is 0 Å². The highest BCUT2D eigenvalue weighted by Gasteiger charge is 2.33. The first-order valence-electron chi connectivity index (χ1n) is 6.10. The number of ether oxygens (including phenoxy) is 1. The topological polar surface area (TPSA) is 29.5 Å². The van der Waals surface area contributed by atoms with Crippen LogP contribution in [0.3, 0.4) is 0 Å². The van der Waals surface area contributed by atoms with Crippen molar-refractivity contribution in [3.05, 3.63) is 47.4 Å². The number of morpholine rings is 1. The molecule has 2 aliphatic heterocycles. The van der Waals surface area contributed by atoms with E-state index in [9.17, 15) is 9.18 Å². The number of hydrogen-bond donors (Lipinski definition) is 0. The molecular weight excluding hydrogens is 233 g/mol. The van der Waals surface area contributed by atoms with Gasteiger partial charge in [0, 0.05) is 12.1 Å². The van der Waals surface area contributed by atoms with Crippen molar-refractivity contribution in [2.24, 2.45) is 0 Å². The minimum atomic E-state index is -0.267. The molecule has 94 valence electrons. The van der Waals surface area contributed by atoms with Crippen LogP contribution >= 0.6 is 0 Å². The van der Waals surface area contributed by atoms with Gasteiger partial charge in [0.15, 0.2) is 0 Å². The van der Waals surface area contributed by atoms with Crippen molar-refractivity contribution in [1.29, 1.82) is 0 Å². The first-order chi connectivity index (χ1) is 8.75. The zero-order valence-electron chi connectivity index (χ0n) is 9.93. The molecule has 2 heterocycles. The average Bonchev–Trinajstić information content (AvgIpc) is 2.39. The van der Waals surface area contributed by atoms with E-state index < -0.39 is 0 Å². The van der Waals surface area contributed by atoms with Crippen molar-refractivity contribution in [2.45, 2.75) is 18.9 Å². The maximum absolute atomic E-state index is 12.9. The Bertz CT molecular complexity index is 495. The molecule has 0 aromatic heterocycles. The Morgan fingerprint density at radius 3 is 2.83 bits per heavy atom. The number of fused-ring (bicyclic) bond motifs is 1. The summed E-state index contributed by atoms with van der Waals surface area (Å²) in [7, 11) is 0. The monoisotopic (exact) mass is 247 g/mol. The van der Waals surface area contributed by atoms with Gasteiger partial charge in [-0.1, -0.05) is 18.2 Å². The molecule has 1 atom stereocenters. The summed E-state index contributed by atoms with van der Waals surface area (Å²) >= 11 is 0. The van der Waals surface area contributed by atoms with Crippen molar-refractivity contribution in [3.8, 4) is 0 Å². The second kappa shape index (κ2) is 4.53. The normalized spacial score (nSPS) is 23.6. The second-order valence-corrected chi connectivity index (χ2v) is 4.58. The standard InChI is InChI=1S/C14H14FNO2/c15-11-6-4-10(5-7-11)13-9-18-8-12-2-1-3-14(17)16(12)13/h2,4-7,13H,1,3,8-9H2/t13-/m0/s1. The molecule has 0 aliphatic carbocycles. The van der Waals surface area contributed by atoms with Gasteiger partial charge in [-0.3, -0.25) is 4.79 Å². The van der Waals surface area contributed by atoms with Crippen LogP contribution in [-0.2, 0) is 9.53 Å². The quantitative estimate of drug-likeness (QED) is 0.762. The maximum Gasteiger partial charge on any atom is 0.227 e. The molecule has 1 fully saturated rings. The van der Waals surface area contributed by atoms with E-state index in [-0.39, 0.29) is 17.8 Å². The molecule has 4 heteroatoms. The largest absolute Gasteiger partial charge is 0.373 e. The van der Waals surface area contributed by atoms with Crippen molar-refractivity contribution < 1.29 is 13.9 Å². The van der Waals surface area contributed by atoms with E-state index in [0.29, 0.717) is 19.6 Å². The van der Waals surface area contributed by atoms with Gasteiger partial charge in [0.05, 0.1) is 19.3 Å². The molecule has 0 bridgehead atoms. The van der Waals surface area contributed by atoms with Gasteiger partial charge in [-0.05, 0) is 24.1 Å². The summed E-state index contributed by atoms with van der Waals surface area (Å²) in [6, 6.07) is 6.14. The Kier molecular flexibility index (Phi) is 2.88. The predicted octanol–water partition coefficient (Wildman–Crippen LogP) is 2.40. The van der Waals surface area contributed by atoms with Crippen LogP contribution in [0.4, 0.5) is 4.39 Å². The molecule has 3 rings (SSSR count). The fourth-order valence-electron chi connectivity index (χ4n) is 2.52. The van der Waals surface area contributed by atoms with Gasteiger partial charge in [0.2, 0.25) is 5.91 Å². The molecule has 1 saturated heterocycles. The number of nitrogens with zero attached hydrogens (tertiary/aromatic N) is 1. The molecule has 0 saturated carbocycles. The summed E-state index contributed by atoms with van der Waals surface area (Å²) in [6.45, 7) is 0.956. The smallest absolute Gasteiger partial charge is 0.227 e.